The van der Waals surface area contributed by atoms with Crippen molar-refractivity contribution in [2.75, 3.05) is 37.8 Å². The number of amides is 1. The number of piperidine rings is 1. The lowest BCUT2D eigenvalue weighted by molar-refractivity contribution is 0.0694. The van der Waals surface area contributed by atoms with Crippen LogP contribution >= 0.6 is 0 Å². The van der Waals surface area contributed by atoms with E-state index in [4.69, 9.17) is 4.74 Å². The number of nitrogens with zero attached hydrogens (tertiary/aromatic N) is 3. The van der Waals surface area contributed by atoms with Crippen molar-refractivity contribution in [2.45, 2.75) is 62.8 Å². The van der Waals surface area contributed by atoms with Crippen LogP contribution in [-0.4, -0.2) is 60.8 Å². The van der Waals surface area contributed by atoms with Crippen molar-refractivity contribution >= 4 is 11.8 Å². The fraction of sp³-hybridized carbons (Fsp3) is 0.536. The van der Waals surface area contributed by atoms with E-state index in [2.05, 4.69) is 28.0 Å². The minimum Gasteiger partial charge on any atom is -0.445 e. The molecule has 4 aliphatic rings. The number of hydrogen-bond donors (Lipinski definition) is 0. The molecule has 0 spiro atoms. The van der Waals surface area contributed by atoms with E-state index in [9.17, 15) is 9.18 Å². The first-order chi connectivity index (χ1) is 16.7. The molecule has 1 aliphatic carbocycles. The Morgan fingerprint density at radius 3 is 2.56 bits per heavy atom. The van der Waals surface area contributed by atoms with Crippen LogP contribution in [0.4, 0.5) is 14.9 Å². The topological polar surface area (TPSA) is 36.0 Å². The van der Waals surface area contributed by atoms with Crippen LogP contribution in [0.2, 0.25) is 0 Å². The Balaban J connectivity index is 1.17. The van der Waals surface area contributed by atoms with Crippen LogP contribution in [0.5, 0.6) is 0 Å². The predicted molar refractivity (Wildman–Crippen MR) is 131 cm³/mol. The lowest BCUT2D eigenvalue weighted by atomic mass is 9.95. The zero-order chi connectivity index (χ0) is 23.1. The molecule has 4 atom stereocenters. The average Bonchev–Trinajstić information content (AvgIpc) is 3.29. The summed E-state index contributed by atoms with van der Waals surface area (Å²) < 4.78 is 18.5. The molecule has 0 saturated carbocycles. The number of carbonyl (C=O) groups is 1. The fourth-order valence-corrected chi connectivity index (χ4v) is 6.79. The first-order valence-corrected chi connectivity index (χ1v) is 12.9. The molecule has 3 aliphatic heterocycles. The van der Waals surface area contributed by atoms with Crippen LogP contribution in [0.15, 0.2) is 48.5 Å². The van der Waals surface area contributed by atoms with E-state index >= 15 is 0 Å². The lowest BCUT2D eigenvalue weighted by Gasteiger charge is -2.42. The Morgan fingerprint density at radius 1 is 1.00 bits per heavy atom. The number of likely N-dealkylation sites (tertiary alicyclic amines) is 1. The standard InChI is InChI=1S/C28H34FN3O2/c29-12-4-13-31-23-7-8-24(31)18-30(17-23)22-9-10-25-21-11-14-32(27(15-21)26(25)16-22)28(33)34-19-20-5-2-1-3-6-20/h1-3,5-6,9-10,16,21,23-24,27H,4,7-8,11-15,17-19H2/t21-,23?,24?,27+/m1/s1. The van der Waals surface area contributed by atoms with Crippen LogP contribution in [-0.2, 0) is 11.3 Å². The molecule has 6 heteroatoms. The van der Waals surface area contributed by atoms with Gasteiger partial charge in [-0.25, -0.2) is 4.79 Å². The maximum absolute atomic E-state index is 13.0. The summed E-state index contributed by atoms with van der Waals surface area (Å²) in [5, 5.41) is 0. The lowest BCUT2D eigenvalue weighted by Crippen LogP contribution is -2.54. The van der Waals surface area contributed by atoms with Crippen molar-refractivity contribution in [3.8, 4) is 0 Å². The molecule has 34 heavy (non-hydrogen) atoms. The summed E-state index contributed by atoms with van der Waals surface area (Å²) in [5.74, 6) is 0.543. The van der Waals surface area contributed by atoms with Gasteiger partial charge in [0.15, 0.2) is 0 Å². The highest BCUT2D eigenvalue weighted by Gasteiger charge is 2.43. The molecule has 3 saturated heterocycles. The highest BCUT2D eigenvalue weighted by Crippen LogP contribution is 2.50. The first-order valence-electron chi connectivity index (χ1n) is 12.9. The third-order valence-electron chi connectivity index (χ3n) is 8.46. The maximum atomic E-state index is 13.0. The third kappa shape index (κ3) is 3.96. The van der Waals surface area contributed by atoms with Gasteiger partial charge in [0.05, 0.1) is 12.7 Å². The van der Waals surface area contributed by atoms with E-state index in [-0.39, 0.29) is 18.8 Å². The Labute approximate surface area is 201 Å². The van der Waals surface area contributed by atoms with Gasteiger partial charge in [0, 0.05) is 44.0 Å². The Morgan fingerprint density at radius 2 is 1.79 bits per heavy atom. The van der Waals surface area contributed by atoms with Crippen LogP contribution in [0.25, 0.3) is 0 Å². The molecule has 2 aromatic rings. The normalized spacial score (nSPS) is 27.7. The summed E-state index contributed by atoms with van der Waals surface area (Å²) in [5.41, 5.74) is 5.01. The van der Waals surface area contributed by atoms with E-state index in [1.807, 2.05) is 35.2 Å². The van der Waals surface area contributed by atoms with Gasteiger partial charge >= 0.3 is 6.09 Å². The Hall–Kier alpha value is -2.60. The van der Waals surface area contributed by atoms with E-state index in [1.54, 1.807) is 0 Å². The van der Waals surface area contributed by atoms with Crippen molar-refractivity contribution in [1.29, 1.82) is 0 Å². The quantitative estimate of drug-likeness (QED) is 0.585. The molecule has 2 aromatic carbocycles. The number of benzene rings is 2. The summed E-state index contributed by atoms with van der Waals surface area (Å²) in [6, 6.07) is 18.0. The van der Waals surface area contributed by atoms with Gasteiger partial charge in [-0.15, -0.1) is 0 Å². The molecule has 1 amide bonds. The summed E-state index contributed by atoms with van der Waals surface area (Å²) in [6.07, 6.45) is 4.87. The number of carbonyl (C=O) groups excluding carboxylic acids is 1. The molecular formula is C28H34FN3O2. The fourth-order valence-electron chi connectivity index (χ4n) is 6.79. The number of anilines is 1. The van der Waals surface area contributed by atoms with Crippen LogP contribution in [0.3, 0.4) is 0 Å². The summed E-state index contributed by atoms with van der Waals surface area (Å²) in [7, 11) is 0. The average molecular weight is 464 g/mol. The third-order valence-corrected chi connectivity index (χ3v) is 8.46. The highest BCUT2D eigenvalue weighted by atomic mass is 19.1. The van der Waals surface area contributed by atoms with Crippen LogP contribution < -0.4 is 4.90 Å². The number of fused-ring (bicyclic) bond motifs is 7. The molecular weight excluding hydrogens is 429 g/mol. The molecule has 180 valence electrons. The number of ether oxygens (including phenoxy) is 1. The van der Waals surface area contributed by atoms with Crippen LogP contribution in [0.1, 0.15) is 60.8 Å². The van der Waals surface area contributed by atoms with E-state index < -0.39 is 0 Å². The highest BCUT2D eigenvalue weighted by molar-refractivity contribution is 5.70. The second-order valence-electron chi connectivity index (χ2n) is 10.4. The van der Waals surface area contributed by atoms with Crippen molar-refractivity contribution < 1.29 is 13.9 Å². The summed E-state index contributed by atoms with van der Waals surface area (Å²) >= 11 is 0. The molecule has 5 nitrogen and oxygen atoms in total. The molecule has 4 bridgehead atoms. The molecule has 0 aromatic heterocycles. The van der Waals surface area contributed by atoms with E-state index in [0.29, 0.717) is 31.0 Å². The Bertz CT molecular complexity index is 1020. The zero-order valence-electron chi connectivity index (χ0n) is 19.7. The molecule has 2 unspecified atom stereocenters. The van der Waals surface area contributed by atoms with Crippen molar-refractivity contribution in [2.24, 2.45) is 0 Å². The number of piperazine rings is 1. The molecule has 0 N–H and O–H groups in total. The van der Waals surface area contributed by atoms with Gasteiger partial charge < -0.3 is 14.5 Å². The van der Waals surface area contributed by atoms with Gasteiger partial charge in [0.25, 0.3) is 0 Å². The molecule has 6 rings (SSSR count). The Kier molecular flexibility index (Phi) is 5.94. The minimum atomic E-state index is -0.225. The van der Waals surface area contributed by atoms with Gasteiger partial charge in [0.2, 0.25) is 0 Å². The van der Waals surface area contributed by atoms with Gasteiger partial charge in [-0.1, -0.05) is 36.4 Å². The monoisotopic (exact) mass is 463 g/mol. The van der Waals surface area contributed by atoms with Gasteiger partial charge in [-0.2, -0.15) is 0 Å². The zero-order valence-corrected chi connectivity index (χ0v) is 19.7. The van der Waals surface area contributed by atoms with Crippen molar-refractivity contribution in [1.82, 2.24) is 9.80 Å². The van der Waals surface area contributed by atoms with Crippen LogP contribution in [0, 0.1) is 0 Å². The minimum absolute atomic E-state index is 0.111. The largest absolute Gasteiger partial charge is 0.445 e. The van der Waals surface area contributed by atoms with Crippen molar-refractivity contribution in [3.05, 3.63) is 65.2 Å². The van der Waals surface area contributed by atoms with Crippen molar-refractivity contribution in [3.63, 3.8) is 0 Å². The smallest absolute Gasteiger partial charge is 0.410 e. The first kappa shape index (κ1) is 21.9. The number of alkyl halides is 1. The second kappa shape index (κ2) is 9.21. The van der Waals surface area contributed by atoms with Gasteiger partial charge in [-0.05, 0) is 66.8 Å². The van der Waals surface area contributed by atoms with Gasteiger partial charge in [-0.3, -0.25) is 9.29 Å². The van der Waals surface area contributed by atoms with E-state index in [1.165, 1.54) is 29.7 Å². The molecule has 0 radical (unpaired) electrons. The number of rotatable bonds is 6. The second-order valence-corrected chi connectivity index (χ2v) is 10.4. The SMILES string of the molecule is O=C(OCc1ccccc1)N1CC[C@@H]2C[C@H]1c1cc(N3CC4CCC(C3)N4CCCF)ccc12. The van der Waals surface area contributed by atoms with E-state index in [0.717, 1.165) is 44.6 Å². The predicted octanol–water partition coefficient (Wildman–Crippen LogP) is 5.27. The maximum Gasteiger partial charge on any atom is 0.410 e. The molecule has 3 fully saturated rings. The number of hydrogen-bond acceptors (Lipinski definition) is 4. The number of halogens is 1. The summed E-state index contributed by atoms with van der Waals surface area (Å²) in [4.78, 5) is 20.1. The van der Waals surface area contributed by atoms with Gasteiger partial charge in [0.1, 0.15) is 6.61 Å². The molecule has 3 heterocycles. The summed E-state index contributed by atoms with van der Waals surface area (Å²) in [6.45, 7) is 3.75.